The number of benzene rings is 1. The van der Waals surface area contributed by atoms with Gasteiger partial charge in [-0.1, -0.05) is 24.6 Å². The summed E-state index contributed by atoms with van der Waals surface area (Å²) in [6.45, 7) is 4.78. The highest BCUT2D eigenvalue weighted by molar-refractivity contribution is 5.80. The van der Waals surface area contributed by atoms with Crippen LogP contribution >= 0.6 is 0 Å². The van der Waals surface area contributed by atoms with Crippen LogP contribution in [0.5, 0.6) is 5.75 Å². The molecule has 10 heteroatoms. The van der Waals surface area contributed by atoms with Crippen LogP contribution in [0.3, 0.4) is 0 Å². The molecule has 1 aliphatic heterocycles. The van der Waals surface area contributed by atoms with E-state index >= 15 is 0 Å². The number of amides is 1. The lowest BCUT2D eigenvalue weighted by molar-refractivity contribution is -0.274. The molecule has 0 atom stereocenters. The number of ether oxygens (including phenoxy) is 1. The topological polar surface area (TPSA) is 69.2 Å². The lowest BCUT2D eigenvalue weighted by atomic mass is 9.84. The van der Waals surface area contributed by atoms with Crippen LogP contribution in [0.1, 0.15) is 24.8 Å². The molecule has 1 heterocycles. The van der Waals surface area contributed by atoms with E-state index in [0.29, 0.717) is 24.0 Å². The SMILES string of the molecule is CN=C(NCCN1CCN(C(=O)C2CCC2)CC1)NCc1ccccc1OC(F)(F)F. The Hall–Kier alpha value is -2.49. The summed E-state index contributed by atoms with van der Waals surface area (Å²) in [5.41, 5.74) is 0.384. The number of carbonyl (C=O) groups is 1. The summed E-state index contributed by atoms with van der Waals surface area (Å²) >= 11 is 0. The quantitative estimate of drug-likeness (QED) is 0.502. The van der Waals surface area contributed by atoms with Gasteiger partial charge in [0.15, 0.2) is 5.96 Å². The van der Waals surface area contributed by atoms with E-state index in [1.54, 1.807) is 19.2 Å². The third-order valence-electron chi connectivity index (χ3n) is 5.73. The van der Waals surface area contributed by atoms with Gasteiger partial charge in [-0.3, -0.25) is 14.7 Å². The Morgan fingerprint density at radius 1 is 1.16 bits per heavy atom. The molecule has 3 rings (SSSR count). The molecule has 1 aromatic rings. The predicted molar refractivity (Wildman–Crippen MR) is 112 cm³/mol. The largest absolute Gasteiger partial charge is 0.573 e. The summed E-state index contributed by atoms with van der Waals surface area (Å²) in [6.07, 6.45) is -1.51. The third kappa shape index (κ3) is 7.02. The van der Waals surface area contributed by atoms with Crippen molar-refractivity contribution >= 4 is 11.9 Å². The lowest BCUT2D eigenvalue weighted by Gasteiger charge is -2.38. The van der Waals surface area contributed by atoms with Gasteiger partial charge in [0.1, 0.15) is 5.75 Å². The number of para-hydroxylation sites is 1. The zero-order valence-corrected chi connectivity index (χ0v) is 17.7. The van der Waals surface area contributed by atoms with E-state index < -0.39 is 6.36 Å². The Morgan fingerprint density at radius 3 is 2.48 bits per heavy atom. The Morgan fingerprint density at radius 2 is 1.87 bits per heavy atom. The van der Waals surface area contributed by atoms with Crippen LogP contribution in [-0.2, 0) is 11.3 Å². The minimum Gasteiger partial charge on any atom is -0.405 e. The third-order valence-corrected chi connectivity index (χ3v) is 5.73. The highest BCUT2D eigenvalue weighted by Crippen LogP contribution is 2.28. The number of guanidine groups is 1. The zero-order chi connectivity index (χ0) is 22.3. The van der Waals surface area contributed by atoms with Crippen molar-refractivity contribution in [3.8, 4) is 5.75 Å². The smallest absolute Gasteiger partial charge is 0.405 e. The molecule has 2 N–H and O–H groups in total. The number of aliphatic imine (C=N–C) groups is 1. The Kier molecular flexibility index (Phi) is 8.00. The molecule has 1 aromatic carbocycles. The molecule has 7 nitrogen and oxygen atoms in total. The number of hydrogen-bond donors (Lipinski definition) is 2. The Bertz CT molecular complexity index is 760. The van der Waals surface area contributed by atoms with Crippen molar-refractivity contribution in [2.45, 2.75) is 32.2 Å². The van der Waals surface area contributed by atoms with Crippen LogP contribution in [-0.4, -0.2) is 74.3 Å². The molecule has 1 amide bonds. The van der Waals surface area contributed by atoms with E-state index in [2.05, 4.69) is 25.3 Å². The fourth-order valence-corrected chi connectivity index (χ4v) is 3.71. The number of halogens is 3. The van der Waals surface area contributed by atoms with Crippen LogP contribution in [0, 0.1) is 5.92 Å². The van der Waals surface area contributed by atoms with Crippen LogP contribution < -0.4 is 15.4 Å². The summed E-state index contributed by atoms with van der Waals surface area (Å²) in [6, 6.07) is 6.02. The number of nitrogens with one attached hydrogen (secondary N) is 2. The molecule has 2 aliphatic rings. The monoisotopic (exact) mass is 441 g/mol. The van der Waals surface area contributed by atoms with Gasteiger partial charge in [-0.2, -0.15) is 0 Å². The molecule has 31 heavy (non-hydrogen) atoms. The first kappa shape index (κ1) is 23.2. The van der Waals surface area contributed by atoms with E-state index in [1.807, 2.05) is 4.90 Å². The minimum absolute atomic E-state index is 0.147. The normalized spacial score (nSPS) is 18.5. The van der Waals surface area contributed by atoms with Crippen molar-refractivity contribution in [2.75, 3.05) is 46.3 Å². The van der Waals surface area contributed by atoms with Crippen LogP contribution in [0.15, 0.2) is 29.3 Å². The molecular formula is C21H30F3N5O2. The van der Waals surface area contributed by atoms with Crippen LogP contribution in [0.4, 0.5) is 13.2 Å². The number of nitrogens with zero attached hydrogens (tertiary/aromatic N) is 3. The van der Waals surface area contributed by atoms with Crippen molar-refractivity contribution in [1.82, 2.24) is 20.4 Å². The zero-order valence-electron chi connectivity index (χ0n) is 17.7. The number of hydrogen-bond acceptors (Lipinski definition) is 4. The van der Waals surface area contributed by atoms with Gasteiger partial charge in [-0.05, 0) is 18.9 Å². The Labute approximate surface area is 180 Å². The molecule has 172 valence electrons. The van der Waals surface area contributed by atoms with Gasteiger partial charge in [0.25, 0.3) is 0 Å². The molecule has 0 bridgehead atoms. The molecule has 1 aliphatic carbocycles. The first-order valence-electron chi connectivity index (χ1n) is 10.6. The standard InChI is InChI=1S/C21H30F3N5O2/c1-25-20(27-15-17-5-2-3-8-18(17)31-21(22,23)24)26-9-10-28-11-13-29(14-12-28)19(30)16-6-4-7-16/h2-3,5,8,16H,4,6-7,9-15H2,1H3,(H2,25,26,27). The van der Waals surface area contributed by atoms with Gasteiger partial charge in [-0.15, -0.1) is 13.2 Å². The molecule has 1 saturated heterocycles. The highest BCUT2D eigenvalue weighted by atomic mass is 19.4. The van der Waals surface area contributed by atoms with Crippen molar-refractivity contribution in [3.63, 3.8) is 0 Å². The molecular weight excluding hydrogens is 411 g/mol. The fourth-order valence-electron chi connectivity index (χ4n) is 3.71. The summed E-state index contributed by atoms with van der Waals surface area (Å²) in [5.74, 6) is 0.825. The molecule has 2 fully saturated rings. The maximum absolute atomic E-state index is 12.6. The van der Waals surface area contributed by atoms with Gasteiger partial charge in [-0.25, -0.2) is 0 Å². The van der Waals surface area contributed by atoms with Crippen LogP contribution in [0.25, 0.3) is 0 Å². The molecule has 0 aromatic heterocycles. The van der Waals surface area contributed by atoms with E-state index in [9.17, 15) is 18.0 Å². The van der Waals surface area contributed by atoms with E-state index in [-0.39, 0.29) is 18.2 Å². The minimum atomic E-state index is -4.73. The highest BCUT2D eigenvalue weighted by Gasteiger charge is 2.32. The van der Waals surface area contributed by atoms with Crippen molar-refractivity contribution in [2.24, 2.45) is 10.9 Å². The van der Waals surface area contributed by atoms with E-state index in [1.165, 1.54) is 18.6 Å². The first-order chi connectivity index (χ1) is 14.9. The number of rotatable bonds is 7. The maximum Gasteiger partial charge on any atom is 0.573 e. The van der Waals surface area contributed by atoms with Gasteiger partial charge in [0.2, 0.25) is 5.91 Å². The molecule has 0 radical (unpaired) electrons. The van der Waals surface area contributed by atoms with Gasteiger partial charge < -0.3 is 20.3 Å². The number of piperazine rings is 1. The fraction of sp³-hybridized carbons (Fsp3) is 0.619. The van der Waals surface area contributed by atoms with E-state index in [4.69, 9.17) is 0 Å². The van der Waals surface area contributed by atoms with Crippen molar-refractivity contribution in [1.29, 1.82) is 0 Å². The summed E-state index contributed by atoms with van der Waals surface area (Å²) < 4.78 is 41.7. The second-order valence-electron chi connectivity index (χ2n) is 7.80. The van der Waals surface area contributed by atoms with Crippen LogP contribution in [0.2, 0.25) is 0 Å². The average Bonchev–Trinajstić information content (AvgIpc) is 2.69. The second-order valence-corrected chi connectivity index (χ2v) is 7.80. The lowest BCUT2D eigenvalue weighted by Crippen LogP contribution is -2.52. The van der Waals surface area contributed by atoms with Crippen molar-refractivity contribution < 1.29 is 22.7 Å². The number of alkyl halides is 3. The van der Waals surface area contributed by atoms with Gasteiger partial charge in [0.05, 0.1) is 0 Å². The maximum atomic E-state index is 12.6. The van der Waals surface area contributed by atoms with E-state index in [0.717, 1.165) is 45.6 Å². The molecule has 0 unspecified atom stereocenters. The predicted octanol–water partition coefficient (Wildman–Crippen LogP) is 2.19. The molecule has 0 spiro atoms. The second kappa shape index (κ2) is 10.7. The Balaban J connectivity index is 1.37. The summed E-state index contributed by atoms with van der Waals surface area (Å²) in [4.78, 5) is 20.7. The van der Waals surface area contributed by atoms with Gasteiger partial charge in [0, 0.05) is 64.3 Å². The molecule has 1 saturated carbocycles. The first-order valence-corrected chi connectivity index (χ1v) is 10.6. The summed E-state index contributed by atoms with van der Waals surface area (Å²) in [5, 5.41) is 6.20. The van der Waals surface area contributed by atoms with Crippen molar-refractivity contribution in [3.05, 3.63) is 29.8 Å². The van der Waals surface area contributed by atoms with Gasteiger partial charge >= 0.3 is 6.36 Å². The summed E-state index contributed by atoms with van der Waals surface area (Å²) in [7, 11) is 1.61. The average molecular weight is 441 g/mol. The number of carbonyl (C=O) groups excluding carboxylic acids is 1.